The lowest BCUT2D eigenvalue weighted by molar-refractivity contribution is -0.134. The van der Waals surface area contributed by atoms with Crippen LogP contribution in [-0.2, 0) is 4.79 Å². The van der Waals surface area contributed by atoms with Crippen molar-refractivity contribution in [2.75, 3.05) is 45.8 Å². The van der Waals surface area contributed by atoms with Gasteiger partial charge in [-0.1, -0.05) is 27.7 Å². The molecule has 1 atom stereocenters. The largest absolute Gasteiger partial charge is 0.339 e. The first-order valence-corrected chi connectivity index (χ1v) is 8.46. The van der Waals surface area contributed by atoms with Gasteiger partial charge in [-0.3, -0.25) is 14.6 Å². The first-order valence-electron chi connectivity index (χ1n) is 8.46. The molecule has 1 amide bonds. The van der Waals surface area contributed by atoms with E-state index in [1.54, 1.807) is 0 Å². The highest BCUT2D eigenvalue weighted by Gasteiger charge is 2.32. The minimum Gasteiger partial charge on any atom is -0.339 e. The molecule has 0 aliphatic carbocycles. The topological polar surface area (TPSA) is 50.6 Å². The molecule has 2 rings (SSSR count). The number of carbonyl (C=O) groups excluding carboxylic acids is 1. The van der Waals surface area contributed by atoms with E-state index >= 15 is 0 Å². The zero-order chi connectivity index (χ0) is 16.3. The average Bonchev–Trinajstić information content (AvgIpc) is 2.79. The Balaban J connectivity index is 1.79. The second-order valence-corrected chi connectivity index (χ2v) is 7.86. The minimum absolute atomic E-state index is 0.0309. The van der Waals surface area contributed by atoms with Gasteiger partial charge in [0.2, 0.25) is 5.91 Å². The Morgan fingerprint density at radius 3 is 2.27 bits per heavy atom. The average molecular weight is 306 g/mol. The Kier molecular flexibility index (Phi) is 5.46. The molecule has 0 unspecified atom stereocenters. The number of nitriles is 1. The van der Waals surface area contributed by atoms with Crippen LogP contribution in [0.3, 0.4) is 0 Å². The smallest absolute Gasteiger partial charge is 0.236 e. The predicted octanol–water partition coefficient (Wildman–Crippen LogP) is 1.41. The van der Waals surface area contributed by atoms with Gasteiger partial charge in [-0.05, 0) is 24.3 Å². The molecule has 2 aliphatic rings. The lowest BCUT2D eigenvalue weighted by atomic mass is 9.93. The molecular formula is C17H30N4O. The maximum atomic E-state index is 12.4. The molecule has 0 radical (unpaired) electrons. The summed E-state index contributed by atoms with van der Waals surface area (Å²) in [6.07, 6.45) is 1.17. The van der Waals surface area contributed by atoms with Crippen molar-refractivity contribution in [3.8, 4) is 6.07 Å². The molecule has 124 valence electrons. The fourth-order valence-electron chi connectivity index (χ4n) is 3.55. The summed E-state index contributed by atoms with van der Waals surface area (Å²) in [5.41, 5.74) is 0.344. The van der Waals surface area contributed by atoms with Crippen LogP contribution in [0.4, 0.5) is 0 Å². The highest BCUT2D eigenvalue weighted by atomic mass is 16.2. The number of hydrogen-bond acceptors (Lipinski definition) is 4. The van der Waals surface area contributed by atoms with Gasteiger partial charge in [-0.2, -0.15) is 5.26 Å². The Morgan fingerprint density at radius 1 is 1.18 bits per heavy atom. The maximum absolute atomic E-state index is 12.4. The summed E-state index contributed by atoms with van der Waals surface area (Å²) in [4.78, 5) is 18.9. The van der Waals surface area contributed by atoms with Crippen LogP contribution in [0.1, 0.15) is 34.1 Å². The third kappa shape index (κ3) is 4.21. The Hall–Kier alpha value is -1.12. The van der Waals surface area contributed by atoms with Crippen molar-refractivity contribution in [2.45, 2.75) is 40.2 Å². The fraction of sp³-hybridized carbons (Fsp3) is 0.882. The van der Waals surface area contributed by atoms with Crippen LogP contribution in [0.2, 0.25) is 0 Å². The van der Waals surface area contributed by atoms with E-state index in [9.17, 15) is 10.1 Å². The summed E-state index contributed by atoms with van der Waals surface area (Å²) in [5, 5.41) is 9.28. The second kappa shape index (κ2) is 6.97. The van der Waals surface area contributed by atoms with Gasteiger partial charge >= 0.3 is 0 Å². The number of hydrogen-bond donors (Lipinski definition) is 0. The molecule has 22 heavy (non-hydrogen) atoms. The maximum Gasteiger partial charge on any atom is 0.236 e. The standard InChI is InChI=1S/C17H30N4O/c1-14(2)15(11-18)20-7-9-21(10-8-20)16(22)12-19-6-5-17(3,4)13-19/h14-15H,5-10,12-13H2,1-4H3/t15-/m1/s1. The summed E-state index contributed by atoms with van der Waals surface area (Å²) in [6.45, 7) is 14.4. The number of carbonyl (C=O) groups is 1. The molecule has 0 aromatic heterocycles. The van der Waals surface area contributed by atoms with Gasteiger partial charge < -0.3 is 4.90 Å². The molecule has 2 aliphatic heterocycles. The summed E-state index contributed by atoms with van der Waals surface area (Å²) in [6, 6.07) is 2.37. The van der Waals surface area contributed by atoms with E-state index in [1.165, 1.54) is 6.42 Å². The molecule has 2 fully saturated rings. The van der Waals surface area contributed by atoms with Crippen LogP contribution < -0.4 is 0 Å². The van der Waals surface area contributed by atoms with Crippen molar-refractivity contribution in [2.24, 2.45) is 11.3 Å². The summed E-state index contributed by atoms with van der Waals surface area (Å²) < 4.78 is 0. The highest BCUT2D eigenvalue weighted by molar-refractivity contribution is 5.78. The zero-order valence-electron chi connectivity index (χ0n) is 14.5. The monoisotopic (exact) mass is 306 g/mol. The molecule has 0 aromatic carbocycles. The van der Waals surface area contributed by atoms with Crippen molar-refractivity contribution < 1.29 is 4.79 Å². The van der Waals surface area contributed by atoms with Crippen molar-refractivity contribution in [3.05, 3.63) is 0 Å². The predicted molar refractivity (Wildman–Crippen MR) is 87.2 cm³/mol. The van der Waals surface area contributed by atoms with Crippen molar-refractivity contribution in [1.82, 2.24) is 14.7 Å². The van der Waals surface area contributed by atoms with Crippen LogP contribution in [0.5, 0.6) is 0 Å². The van der Waals surface area contributed by atoms with E-state index in [0.717, 1.165) is 39.3 Å². The lowest BCUT2D eigenvalue weighted by Gasteiger charge is -2.38. The molecule has 2 heterocycles. The van der Waals surface area contributed by atoms with E-state index in [-0.39, 0.29) is 11.9 Å². The van der Waals surface area contributed by atoms with Crippen molar-refractivity contribution in [1.29, 1.82) is 5.26 Å². The lowest BCUT2D eigenvalue weighted by Crippen LogP contribution is -2.54. The number of amides is 1. The first kappa shape index (κ1) is 17.2. The Labute approximate surface area is 134 Å². The number of rotatable bonds is 4. The zero-order valence-corrected chi connectivity index (χ0v) is 14.5. The van der Waals surface area contributed by atoms with Crippen LogP contribution in [0, 0.1) is 22.7 Å². The van der Waals surface area contributed by atoms with Gasteiger partial charge in [0, 0.05) is 32.7 Å². The third-order valence-electron chi connectivity index (χ3n) is 4.94. The normalized spacial score (nSPS) is 24.5. The van der Waals surface area contributed by atoms with Crippen molar-refractivity contribution in [3.63, 3.8) is 0 Å². The van der Waals surface area contributed by atoms with Gasteiger partial charge in [0.05, 0.1) is 12.6 Å². The van der Waals surface area contributed by atoms with Crippen LogP contribution in [0.15, 0.2) is 0 Å². The summed E-state index contributed by atoms with van der Waals surface area (Å²) >= 11 is 0. The summed E-state index contributed by atoms with van der Waals surface area (Å²) in [5.74, 6) is 0.578. The van der Waals surface area contributed by atoms with Gasteiger partial charge in [-0.25, -0.2) is 0 Å². The molecule has 5 nitrogen and oxygen atoms in total. The fourth-order valence-corrected chi connectivity index (χ4v) is 3.55. The molecule has 2 saturated heterocycles. The molecule has 0 aromatic rings. The SMILES string of the molecule is CC(C)[C@@H](C#N)N1CCN(C(=O)CN2CCC(C)(C)C2)CC1. The quantitative estimate of drug-likeness (QED) is 0.788. The van der Waals surface area contributed by atoms with Crippen LogP contribution >= 0.6 is 0 Å². The molecule has 5 heteroatoms. The number of nitrogens with zero attached hydrogens (tertiary/aromatic N) is 4. The first-order chi connectivity index (χ1) is 10.3. The van der Waals surface area contributed by atoms with E-state index in [0.29, 0.717) is 17.9 Å². The van der Waals surface area contributed by atoms with Crippen LogP contribution in [-0.4, -0.2) is 72.5 Å². The molecule has 0 saturated carbocycles. The second-order valence-electron chi connectivity index (χ2n) is 7.86. The van der Waals surface area contributed by atoms with E-state index in [4.69, 9.17) is 0 Å². The molecule has 0 spiro atoms. The van der Waals surface area contributed by atoms with E-state index < -0.39 is 0 Å². The van der Waals surface area contributed by atoms with Gasteiger partial charge in [0.1, 0.15) is 6.04 Å². The van der Waals surface area contributed by atoms with Crippen molar-refractivity contribution >= 4 is 5.91 Å². The third-order valence-corrected chi connectivity index (χ3v) is 4.94. The highest BCUT2D eigenvalue weighted by Crippen LogP contribution is 2.28. The minimum atomic E-state index is -0.0309. The van der Waals surface area contributed by atoms with E-state index in [2.05, 4.69) is 43.6 Å². The number of likely N-dealkylation sites (tertiary alicyclic amines) is 1. The van der Waals surface area contributed by atoms with Gasteiger partial charge in [-0.15, -0.1) is 0 Å². The molecular weight excluding hydrogens is 276 g/mol. The Bertz CT molecular complexity index is 432. The Morgan fingerprint density at radius 2 is 1.82 bits per heavy atom. The van der Waals surface area contributed by atoms with Gasteiger partial charge in [0.15, 0.2) is 0 Å². The summed E-state index contributed by atoms with van der Waals surface area (Å²) in [7, 11) is 0. The molecule has 0 N–H and O–H groups in total. The van der Waals surface area contributed by atoms with Gasteiger partial charge in [0.25, 0.3) is 0 Å². The van der Waals surface area contributed by atoms with Crippen LogP contribution in [0.25, 0.3) is 0 Å². The molecule has 0 bridgehead atoms. The van der Waals surface area contributed by atoms with E-state index in [1.807, 2.05) is 4.90 Å². The number of piperazine rings is 1.